The highest BCUT2D eigenvalue weighted by Gasteiger charge is 2.12. The number of halogens is 1. The number of nitrogens with one attached hydrogen (secondary N) is 2. The fraction of sp³-hybridized carbons (Fsp3) is 0.211. The summed E-state index contributed by atoms with van der Waals surface area (Å²) >= 11 is 5.90. The minimum absolute atomic E-state index is 0.0862. The van der Waals surface area contributed by atoms with Crippen LogP contribution in [0.3, 0.4) is 0 Å². The van der Waals surface area contributed by atoms with Crippen molar-refractivity contribution in [3.05, 3.63) is 74.8 Å². The number of benzene rings is 1. The van der Waals surface area contributed by atoms with Crippen molar-refractivity contribution in [2.75, 3.05) is 11.9 Å². The topological polar surface area (TPSA) is 90.9 Å². The number of pyridine rings is 1. The molecule has 0 saturated carbocycles. The van der Waals surface area contributed by atoms with Gasteiger partial charge in [0.15, 0.2) is 0 Å². The van der Waals surface area contributed by atoms with Gasteiger partial charge in [-0.2, -0.15) is 0 Å². The highest BCUT2D eigenvalue weighted by atomic mass is 35.5. The van der Waals surface area contributed by atoms with E-state index < -0.39 is 0 Å². The number of aromatic nitrogens is 3. The zero-order valence-electron chi connectivity index (χ0n) is 14.5. The van der Waals surface area contributed by atoms with E-state index in [1.54, 1.807) is 38.2 Å². The average Bonchev–Trinajstić information content (AvgIpc) is 2.65. The molecule has 0 aliphatic rings. The average molecular weight is 371 g/mol. The summed E-state index contributed by atoms with van der Waals surface area (Å²) in [5, 5.41) is 13.5. The normalized spacial score (nSPS) is 12.0. The van der Waals surface area contributed by atoms with Crippen molar-refractivity contribution in [2.45, 2.75) is 19.9 Å². The maximum absolute atomic E-state index is 11.9. The number of aliphatic hydroxyl groups excluding tert-OH is 1. The standard InChI is InChI=1S/C19H19ClN4O2/c1-11-12(2)22-18(24-19(11)26)14-5-8-17(21-9-14)23-16(10-25)13-3-6-15(20)7-4-13/h3-9,16,25H,10H2,1-2H3,(H,21,23)(H,22,24,26). The molecule has 0 bridgehead atoms. The van der Waals surface area contributed by atoms with Gasteiger partial charge in [0, 0.05) is 28.0 Å². The van der Waals surface area contributed by atoms with E-state index in [0.29, 0.717) is 33.5 Å². The summed E-state index contributed by atoms with van der Waals surface area (Å²) in [6.07, 6.45) is 1.63. The van der Waals surface area contributed by atoms with Crippen molar-refractivity contribution in [3.8, 4) is 11.4 Å². The molecule has 0 radical (unpaired) electrons. The molecular formula is C19H19ClN4O2. The summed E-state index contributed by atoms with van der Waals surface area (Å²) in [4.78, 5) is 23.4. The van der Waals surface area contributed by atoms with Gasteiger partial charge in [0.1, 0.15) is 11.6 Å². The number of nitrogens with zero attached hydrogens (tertiary/aromatic N) is 2. The second-order valence-corrected chi connectivity index (χ2v) is 6.42. The molecule has 3 aromatic rings. The first-order chi connectivity index (χ1) is 12.5. The number of rotatable bonds is 5. The molecule has 0 spiro atoms. The summed E-state index contributed by atoms with van der Waals surface area (Å²) in [6.45, 7) is 3.45. The Morgan fingerprint density at radius 1 is 1.19 bits per heavy atom. The number of aromatic amines is 1. The zero-order valence-corrected chi connectivity index (χ0v) is 15.2. The maximum Gasteiger partial charge on any atom is 0.254 e. The molecule has 1 unspecified atom stereocenters. The van der Waals surface area contributed by atoms with Crippen LogP contribution in [0.2, 0.25) is 5.02 Å². The van der Waals surface area contributed by atoms with Crippen LogP contribution < -0.4 is 10.9 Å². The van der Waals surface area contributed by atoms with Crippen LogP contribution in [-0.2, 0) is 0 Å². The van der Waals surface area contributed by atoms with Crippen LogP contribution in [-0.4, -0.2) is 26.7 Å². The molecule has 3 rings (SSSR count). The molecule has 0 saturated heterocycles. The second-order valence-electron chi connectivity index (χ2n) is 5.99. The van der Waals surface area contributed by atoms with Gasteiger partial charge in [-0.1, -0.05) is 23.7 Å². The Balaban J connectivity index is 1.81. The smallest absolute Gasteiger partial charge is 0.254 e. The molecule has 6 nitrogen and oxygen atoms in total. The third-order valence-corrected chi connectivity index (χ3v) is 4.46. The van der Waals surface area contributed by atoms with Crippen molar-refractivity contribution in [2.24, 2.45) is 0 Å². The molecule has 7 heteroatoms. The lowest BCUT2D eigenvalue weighted by atomic mass is 10.1. The van der Waals surface area contributed by atoms with Crippen LogP contribution >= 0.6 is 11.6 Å². The summed E-state index contributed by atoms with van der Waals surface area (Å²) in [7, 11) is 0. The molecular weight excluding hydrogens is 352 g/mol. The third kappa shape index (κ3) is 3.92. The van der Waals surface area contributed by atoms with Crippen LogP contribution in [0.15, 0.2) is 47.4 Å². The van der Waals surface area contributed by atoms with E-state index in [9.17, 15) is 9.90 Å². The largest absolute Gasteiger partial charge is 0.394 e. The number of aryl methyl sites for hydroxylation is 1. The molecule has 2 heterocycles. The molecule has 2 aromatic heterocycles. The Morgan fingerprint density at radius 3 is 2.50 bits per heavy atom. The van der Waals surface area contributed by atoms with E-state index in [4.69, 9.17) is 11.6 Å². The molecule has 0 aliphatic heterocycles. The van der Waals surface area contributed by atoms with E-state index in [0.717, 1.165) is 5.56 Å². The summed E-state index contributed by atoms with van der Waals surface area (Å²) in [5.74, 6) is 1.09. The Bertz CT molecular complexity index is 953. The van der Waals surface area contributed by atoms with Gasteiger partial charge in [0.2, 0.25) is 0 Å². The Morgan fingerprint density at radius 2 is 1.92 bits per heavy atom. The number of H-pyrrole nitrogens is 1. The molecule has 1 aromatic carbocycles. The first-order valence-corrected chi connectivity index (χ1v) is 8.52. The number of hydrogen-bond donors (Lipinski definition) is 3. The van der Waals surface area contributed by atoms with Gasteiger partial charge in [-0.05, 0) is 43.7 Å². The monoisotopic (exact) mass is 370 g/mol. The zero-order chi connectivity index (χ0) is 18.7. The predicted octanol–water partition coefficient (Wildman–Crippen LogP) is 3.25. The minimum atomic E-state index is -0.301. The third-order valence-electron chi connectivity index (χ3n) is 4.21. The fourth-order valence-corrected chi connectivity index (χ4v) is 2.64. The maximum atomic E-state index is 11.9. The summed E-state index contributed by atoms with van der Waals surface area (Å²) in [6, 6.07) is 10.6. The lowest BCUT2D eigenvalue weighted by molar-refractivity contribution is 0.276. The van der Waals surface area contributed by atoms with Crippen molar-refractivity contribution in [1.29, 1.82) is 0 Å². The lowest BCUT2D eigenvalue weighted by Crippen LogP contribution is -2.16. The van der Waals surface area contributed by atoms with Crippen LogP contribution in [0.1, 0.15) is 22.9 Å². The van der Waals surface area contributed by atoms with Crippen LogP contribution in [0, 0.1) is 13.8 Å². The van der Waals surface area contributed by atoms with Crippen LogP contribution in [0.5, 0.6) is 0 Å². The van der Waals surface area contributed by atoms with E-state index in [1.165, 1.54) is 0 Å². The minimum Gasteiger partial charge on any atom is -0.394 e. The molecule has 134 valence electrons. The lowest BCUT2D eigenvalue weighted by Gasteiger charge is -2.17. The Labute approximate surface area is 155 Å². The SMILES string of the molecule is Cc1nc(-c2ccc(NC(CO)c3ccc(Cl)cc3)nc2)[nH]c(=O)c1C. The van der Waals surface area contributed by atoms with Crippen molar-refractivity contribution in [1.82, 2.24) is 15.0 Å². The van der Waals surface area contributed by atoms with E-state index in [1.807, 2.05) is 18.2 Å². The van der Waals surface area contributed by atoms with Crippen molar-refractivity contribution in [3.63, 3.8) is 0 Å². The van der Waals surface area contributed by atoms with E-state index >= 15 is 0 Å². The highest BCUT2D eigenvalue weighted by Crippen LogP contribution is 2.21. The number of anilines is 1. The van der Waals surface area contributed by atoms with Gasteiger partial charge in [0.05, 0.1) is 12.6 Å². The number of aliphatic hydroxyl groups is 1. The van der Waals surface area contributed by atoms with Gasteiger partial charge < -0.3 is 15.4 Å². The summed E-state index contributed by atoms with van der Waals surface area (Å²) in [5.41, 5.74) is 2.76. The van der Waals surface area contributed by atoms with Crippen LogP contribution in [0.4, 0.5) is 5.82 Å². The number of hydrogen-bond acceptors (Lipinski definition) is 5. The molecule has 3 N–H and O–H groups in total. The van der Waals surface area contributed by atoms with Crippen LogP contribution in [0.25, 0.3) is 11.4 Å². The van der Waals surface area contributed by atoms with Gasteiger partial charge in [-0.15, -0.1) is 0 Å². The molecule has 0 fully saturated rings. The van der Waals surface area contributed by atoms with Gasteiger partial charge in [-0.3, -0.25) is 4.79 Å². The quantitative estimate of drug-likeness (QED) is 0.641. The Hall–Kier alpha value is -2.70. The van der Waals surface area contributed by atoms with Gasteiger partial charge in [0.25, 0.3) is 5.56 Å². The molecule has 0 aliphatic carbocycles. The highest BCUT2D eigenvalue weighted by molar-refractivity contribution is 6.30. The van der Waals surface area contributed by atoms with E-state index in [2.05, 4.69) is 20.3 Å². The predicted molar refractivity (Wildman–Crippen MR) is 102 cm³/mol. The molecule has 0 amide bonds. The fourth-order valence-electron chi connectivity index (χ4n) is 2.51. The van der Waals surface area contributed by atoms with E-state index in [-0.39, 0.29) is 18.2 Å². The first-order valence-electron chi connectivity index (χ1n) is 8.14. The Kier molecular flexibility index (Phi) is 5.35. The first kappa shape index (κ1) is 18.1. The van der Waals surface area contributed by atoms with Gasteiger partial charge in [-0.25, -0.2) is 9.97 Å². The van der Waals surface area contributed by atoms with Gasteiger partial charge >= 0.3 is 0 Å². The van der Waals surface area contributed by atoms with Crippen molar-refractivity contribution < 1.29 is 5.11 Å². The molecule has 1 atom stereocenters. The second kappa shape index (κ2) is 7.68. The van der Waals surface area contributed by atoms with Crippen molar-refractivity contribution >= 4 is 17.4 Å². The summed E-state index contributed by atoms with van der Waals surface area (Å²) < 4.78 is 0. The molecule has 26 heavy (non-hydrogen) atoms.